The fraction of sp³-hybridized carbons (Fsp3) is 0.150. The molecule has 3 aromatic heterocycles. The van der Waals surface area contributed by atoms with Gasteiger partial charge in [0.2, 0.25) is 0 Å². The van der Waals surface area contributed by atoms with E-state index in [2.05, 4.69) is 20.4 Å². The molecular formula is C20H18ClN5O. The second kappa shape index (κ2) is 7.25. The van der Waals surface area contributed by atoms with E-state index >= 15 is 0 Å². The van der Waals surface area contributed by atoms with Gasteiger partial charge in [0.15, 0.2) is 0 Å². The summed E-state index contributed by atoms with van der Waals surface area (Å²) in [5.74, 6) is 1.55. The van der Waals surface area contributed by atoms with Crippen LogP contribution in [0.2, 0.25) is 5.15 Å². The molecule has 27 heavy (non-hydrogen) atoms. The number of aryl methyl sites for hydroxylation is 1. The number of aromatic nitrogens is 4. The highest BCUT2D eigenvalue weighted by Crippen LogP contribution is 2.29. The van der Waals surface area contributed by atoms with Crippen molar-refractivity contribution in [3.05, 3.63) is 71.9 Å². The lowest BCUT2D eigenvalue weighted by Crippen LogP contribution is -2.02. The molecule has 0 aliphatic heterocycles. The molecule has 0 bridgehead atoms. The first-order valence-corrected chi connectivity index (χ1v) is 8.89. The molecule has 0 amide bonds. The van der Waals surface area contributed by atoms with E-state index in [4.69, 9.17) is 16.3 Å². The van der Waals surface area contributed by atoms with Gasteiger partial charge < -0.3 is 10.1 Å². The van der Waals surface area contributed by atoms with Gasteiger partial charge in [0.1, 0.15) is 22.8 Å². The monoisotopic (exact) mass is 379 g/mol. The third-order valence-corrected chi connectivity index (χ3v) is 4.46. The van der Waals surface area contributed by atoms with E-state index in [0.717, 1.165) is 33.6 Å². The lowest BCUT2D eigenvalue weighted by Gasteiger charge is -2.14. The molecule has 0 fully saturated rings. The standard InChI is InChI=1S/C20H18ClN5O/c1-13(15-10-24-26(2)12-15)27-17-4-5-18-14(9-17)7-8-22-20(18)25-16-3-6-19(21)23-11-16/h3-13H,1-2H3,(H,22,25)/t13-/m1/s1. The number of benzene rings is 1. The van der Waals surface area contributed by atoms with Crippen LogP contribution in [-0.4, -0.2) is 19.7 Å². The van der Waals surface area contributed by atoms with Crippen LogP contribution >= 0.6 is 11.6 Å². The summed E-state index contributed by atoms with van der Waals surface area (Å²) in [4.78, 5) is 8.52. The molecular weight excluding hydrogens is 362 g/mol. The van der Waals surface area contributed by atoms with Crippen LogP contribution in [0.5, 0.6) is 5.75 Å². The number of hydrogen-bond acceptors (Lipinski definition) is 5. The maximum atomic E-state index is 6.07. The van der Waals surface area contributed by atoms with Crippen molar-refractivity contribution < 1.29 is 4.74 Å². The van der Waals surface area contributed by atoms with E-state index in [-0.39, 0.29) is 6.10 Å². The molecule has 0 aliphatic rings. The SMILES string of the molecule is C[C@@H](Oc1ccc2c(Nc3ccc(Cl)nc3)nccc2c1)c1cnn(C)c1. The lowest BCUT2D eigenvalue weighted by molar-refractivity contribution is 0.227. The Morgan fingerprint density at radius 1 is 1.11 bits per heavy atom. The van der Waals surface area contributed by atoms with Crippen molar-refractivity contribution in [2.45, 2.75) is 13.0 Å². The molecule has 3 heterocycles. The van der Waals surface area contributed by atoms with Crippen LogP contribution in [0.1, 0.15) is 18.6 Å². The van der Waals surface area contributed by atoms with Crippen LogP contribution in [-0.2, 0) is 7.05 Å². The van der Waals surface area contributed by atoms with Crippen molar-refractivity contribution >= 4 is 33.9 Å². The Morgan fingerprint density at radius 3 is 2.74 bits per heavy atom. The second-order valence-corrected chi connectivity index (χ2v) is 6.63. The van der Waals surface area contributed by atoms with Gasteiger partial charge in [-0.1, -0.05) is 11.6 Å². The maximum absolute atomic E-state index is 6.07. The van der Waals surface area contributed by atoms with Gasteiger partial charge in [0, 0.05) is 30.4 Å². The van der Waals surface area contributed by atoms with Crippen molar-refractivity contribution in [2.24, 2.45) is 7.05 Å². The normalized spacial score (nSPS) is 12.1. The van der Waals surface area contributed by atoms with Gasteiger partial charge >= 0.3 is 0 Å². The van der Waals surface area contributed by atoms with E-state index in [9.17, 15) is 0 Å². The fourth-order valence-corrected chi connectivity index (χ4v) is 2.95. The minimum atomic E-state index is -0.0873. The van der Waals surface area contributed by atoms with Crippen LogP contribution < -0.4 is 10.1 Å². The van der Waals surface area contributed by atoms with Gasteiger partial charge in [0.25, 0.3) is 0 Å². The van der Waals surface area contributed by atoms with E-state index < -0.39 is 0 Å². The smallest absolute Gasteiger partial charge is 0.138 e. The molecule has 0 aliphatic carbocycles. The summed E-state index contributed by atoms with van der Waals surface area (Å²) in [5, 5.41) is 9.95. The highest BCUT2D eigenvalue weighted by molar-refractivity contribution is 6.29. The first-order chi connectivity index (χ1) is 13.1. The van der Waals surface area contributed by atoms with Gasteiger partial charge in [-0.15, -0.1) is 0 Å². The summed E-state index contributed by atoms with van der Waals surface area (Å²) in [6.45, 7) is 2.01. The van der Waals surface area contributed by atoms with Crippen molar-refractivity contribution in [1.82, 2.24) is 19.7 Å². The number of anilines is 2. The molecule has 4 aromatic rings. The maximum Gasteiger partial charge on any atom is 0.138 e. The van der Waals surface area contributed by atoms with Crippen molar-refractivity contribution in [2.75, 3.05) is 5.32 Å². The molecule has 0 saturated carbocycles. The molecule has 0 saturated heterocycles. The number of halogens is 1. The Morgan fingerprint density at radius 2 is 2.00 bits per heavy atom. The molecule has 0 unspecified atom stereocenters. The minimum absolute atomic E-state index is 0.0873. The molecule has 4 rings (SSSR count). The van der Waals surface area contributed by atoms with Gasteiger partial charge in [-0.3, -0.25) is 4.68 Å². The molecule has 0 radical (unpaired) electrons. The molecule has 7 heteroatoms. The topological polar surface area (TPSA) is 64.9 Å². The average Bonchev–Trinajstić information content (AvgIpc) is 3.10. The van der Waals surface area contributed by atoms with Gasteiger partial charge in [0.05, 0.1) is 18.1 Å². The molecule has 136 valence electrons. The number of nitrogens with zero attached hydrogens (tertiary/aromatic N) is 4. The van der Waals surface area contributed by atoms with E-state index in [1.54, 1.807) is 23.1 Å². The zero-order valence-electron chi connectivity index (χ0n) is 14.9. The Labute approximate surface area is 161 Å². The predicted molar refractivity (Wildman–Crippen MR) is 107 cm³/mol. The van der Waals surface area contributed by atoms with Crippen LogP contribution in [0.4, 0.5) is 11.5 Å². The lowest BCUT2D eigenvalue weighted by atomic mass is 10.1. The van der Waals surface area contributed by atoms with Crippen molar-refractivity contribution in [3.8, 4) is 5.75 Å². The first kappa shape index (κ1) is 17.3. The highest BCUT2D eigenvalue weighted by Gasteiger charge is 2.11. The number of hydrogen-bond donors (Lipinski definition) is 1. The molecule has 0 spiro atoms. The quantitative estimate of drug-likeness (QED) is 0.499. The second-order valence-electron chi connectivity index (χ2n) is 6.24. The molecule has 1 N–H and O–H groups in total. The molecule has 6 nitrogen and oxygen atoms in total. The Balaban J connectivity index is 1.58. The van der Waals surface area contributed by atoms with E-state index in [1.165, 1.54) is 0 Å². The number of pyridine rings is 2. The molecule has 1 atom stereocenters. The number of rotatable bonds is 5. The Hall–Kier alpha value is -3.12. The van der Waals surface area contributed by atoms with Crippen molar-refractivity contribution in [1.29, 1.82) is 0 Å². The third kappa shape index (κ3) is 3.85. The van der Waals surface area contributed by atoms with Gasteiger partial charge in [-0.05, 0) is 48.7 Å². The van der Waals surface area contributed by atoms with E-state index in [1.807, 2.05) is 56.7 Å². The summed E-state index contributed by atoms with van der Waals surface area (Å²) in [6, 6.07) is 11.5. The summed E-state index contributed by atoms with van der Waals surface area (Å²) in [5.41, 5.74) is 1.86. The Bertz CT molecular complexity index is 1080. The third-order valence-electron chi connectivity index (χ3n) is 4.23. The predicted octanol–water partition coefficient (Wildman–Crippen LogP) is 4.90. The number of nitrogens with one attached hydrogen (secondary N) is 1. The number of ether oxygens (including phenoxy) is 1. The zero-order chi connectivity index (χ0) is 18.8. The minimum Gasteiger partial charge on any atom is -0.486 e. The van der Waals surface area contributed by atoms with Crippen LogP contribution in [0.25, 0.3) is 10.8 Å². The van der Waals surface area contributed by atoms with Crippen LogP contribution in [0.3, 0.4) is 0 Å². The summed E-state index contributed by atoms with van der Waals surface area (Å²) in [6.07, 6.45) is 7.13. The zero-order valence-corrected chi connectivity index (χ0v) is 15.7. The molecule has 1 aromatic carbocycles. The number of fused-ring (bicyclic) bond motifs is 1. The first-order valence-electron chi connectivity index (χ1n) is 8.51. The van der Waals surface area contributed by atoms with Gasteiger partial charge in [-0.2, -0.15) is 5.10 Å². The van der Waals surface area contributed by atoms with Crippen LogP contribution in [0, 0.1) is 0 Å². The highest BCUT2D eigenvalue weighted by atomic mass is 35.5. The summed E-state index contributed by atoms with van der Waals surface area (Å²) in [7, 11) is 1.89. The van der Waals surface area contributed by atoms with Crippen LogP contribution in [0.15, 0.2) is 61.2 Å². The van der Waals surface area contributed by atoms with Gasteiger partial charge in [-0.25, -0.2) is 9.97 Å². The largest absolute Gasteiger partial charge is 0.486 e. The summed E-state index contributed by atoms with van der Waals surface area (Å²) >= 11 is 5.84. The van der Waals surface area contributed by atoms with Crippen molar-refractivity contribution in [3.63, 3.8) is 0 Å². The Kier molecular flexibility index (Phi) is 4.64. The fourth-order valence-electron chi connectivity index (χ4n) is 2.84. The summed E-state index contributed by atoms with van der Waals surface area (Å²) < 4.78 is 7.84. The van der Waals surface area contributed by atoms with E-state index in [0.29, 0.717) is 5.15 Å². The average molecular weight is 380 g/mol.